The number of anilines is 1. The molecule has 1 aliphatic carbocycles. The highest BCUT2D eigenvalue weighted by atomic mass is 35.5. The van der Waals surface area contributed by atoms with Crippen molar-refractivity contribution in [3.63, 3.8) is 0 Å². The first-order chi connectivity index (χ1) is 16.4. The monoisotopic (exact) mass is 497 g/mol. The standard InChI is InChI=1S/C25H29Cl2N7/c1-30-12-20(26)22(28)19-14-34(24-21(19)23(29)31-25(27)32-24)18-7-6-17(11-18)16-5-2-4-15(10-16)13-33-8-3-9-33/h2,4-5,10,12,14,17-18H,3,6-9,11,13,28H2,1H3,(H2,29,31,32)/b22-20+,30-12?. The van der Waals surface area contributed by atoms with Crippen LogP contribution in [0.4, 0.5) is 5.82 Å². The Morgan fingerprint density at radius 1 is 1.26 bits per heavy atom. The molecule has 1 aromatic carbocycles. The van der Waals surface area contributed by atoms with Gasteiger partial charge >= 0.3 is 0 Å². The summed E-state index contributed by atoms with van der Waals surface area (Å²) in [4.78, 5) is 15.1. The van der Waals surface area contributed by atoms with Crippen molar-refractivity contribution in [2.45, 2.75) is 44.2 Å². The van der Waals surface area contributed by atoms with Gasteiger partial charge in [-0.25, -0.2) is 4.98 Å². The largest absolute Gasteiger partial charge is 0.397 e. The predicted octanol–water partition coefficient (Wildman–Crippen LogP) is 4.95. The number of likely N-dealkylation sites (tertiary alicyclic amines) is 1. The Balaban J connectivity index is 1.47. The van der Waals surface area contributed by atoms with E-state index in [0.717, 1.165) is 25.8 Å². The molecule has 34 heavy (non-hydrogen) atoms. The van der Waals surface area contributed by atoms with Crippen LogP contribution >= 0.6 is 23.2 Å². The average Bonchev–Trinajstić information content (AvgIpc) is 3.41. The van der Waals surface area contributed by atoms with Crippen LogP contribution in [0, 0.1) is 0 Å². The van der Waals surface area contributed by atoms with Crippen molar-refractivity contribution in [1.29, 1.82) is 0 Å². The molecule has 2 atom stereocenters. The molecule has 0 radical (unpaired) electrons. The first kappa shape index (κ1) is 23.1. The maximum absolute atomic E-state index is 6.40. The lowest BCUT2D eigenvalue weighted by atomic mass is 9.95. The van der Waals surface area contributed by atoms with Gasteiger partial charge in [-0.15, -0.1) is 0 Å². The summed E-state index contributed by atoms with van der Waals surface area (Å²) in [7, 11) is 1.65. The molecule has 2 aliphatic rings. The quantitative estimate of drug-likeness (QED) is 0.370. The fourth-order valence-corrected chi connectivity index (χ4v) is 5.57. The molecule has 0 bridgehead atoms. The van der Waals surface area contributed by atoms with E-state index in [2.05, 4.69) is 48.7 Å². The van der Waals surface area contributed by atoms with E-state index in [1.165, 1.54) is 36.9 Å². The van der Waals surface area contributed by atoms with Crippen LogP contribution in [0.5, 0.6) is 0 Å². The van der Waals surface area contributed by atoms with E-state index in [-0.39, 0.29) is 17.1 Å². The Morgan fingerprint density at radius 3 is 2.82 bits per heavy atom. The van der Waals surface area contributed by atoms with Gasteiger partial charge in [0.25, 0.3) is 0 Å². The summed E-state index contributed by atoms with van der Waals surface area (Å²) in [6, 6.07) is 9.31. The summed E-state index contributed by atoms with van der Waals surface area (Å²) in [5.74, 6) is 0.776. The first-order valence-corrected chi connectivity index (χ1v) is 12.4. The molecule has 3 aromatic rings. The smallest absolute Gasteiger partial charge is 0.226 e. The molecular formula is C25H29Cl2N7. The van der Waals surface area contributed by atoms with E-state index in [4.69, 9.17) is 34.7 Å². The summed E-state index contributed by atoms with van der Waals surface area (Å²) in [5, 5.41) is 1.14. The Hall–Kier alpha value is -2.61. The van der Waals surface area contributed by atoms with E-state index in [1.54, 1.807) is 7.05 Å². The van der Waals surface area contributed by atoms with Gasteiger partial charge in [-0.2, -0.15) is 4.98 Å². The van der Waals surface area contributed by atoms with Gasteiger partial charge in [0.1, 0.15) is 11.5 Å². The van der Waals surface area contributed by atoms with Crippen molar-refractivity contribution in [2.75, 3.05) is 25.9 Å². The van der Waals surface area contributed by atoms with Crippen LogP contribution in [-0.2, 0) is 6.54 Å². The van der Waals surface area contributed by atoms with Crippen LogP contribution in [-0.4, -0.2) is 45.8 Å². The normalized spacial score (nSPS) is 21.9. The highest BCUT2D eigenvalue weighted by molar-refractivity contribution is 6.42. The van der Waals surface area contributed by atoms with E-state index in [9.17, 15) is 0 Å². The molecular weight excluding hydrogens is 469 g/mol. The number of hydrogen-bond acceptors (Lipinski definition) is 6. The lowest BCUT2D eigenvalue weighted by Gasteiger charge is -2.30. The third-order valence-electron chi connectivity index (χ3n) is 7.04. The van der Waals surface area contributed by atoms with Crippen LogP contribution < -0.4 is 11.5 Å². The van der Waals surface area contributed by atoms with Gasteiger partial charge in [-0.1, -0.05) is 35.9 Å². The molecule has 1 saturated carbocycles. The van der Waals surface area contributed by atoms with Crippen LogP contribution in [0.2, 0.25) is 5.28 Å². The van der Waals surface area contributed by atoms with Crippen molar-refractivity contribution < 1.29 is 0 Å². The van der Waals surface area contributed by atoms with Crippen LogP contribution in [0.1, 0.15) is 54.3 Å². The van der Waals surface area contributed by atoms with Crippen LogP contribution in [0.25, 0.3) is 16.7 Å². The topological polar surface area (TPSA) is 98.3 Å². The molecule has 2 aromatic heterocycles. The van der Waals surface area contributed by atoms with Gasteiger partial charge in [0.15, 0.2) is 0 Å². The number of hydrogen-bond donors (Lipinski definition) is 2. The molecule has 3 heterocycles. The zero-order valence-corrected chi connectivity index (χ0v) is 20.7. The zero-order chi connectivity index (χ0) is 23.8. The Kier molecular flexibility index (Phi) is 6.51. The van der Waals surface area contributed by atoms with Gasteiger partial charge in [-0.05, 0) is 67.4 Å². The summed E-state index contributed by atoms with van der Waals surface area (Å²) in [6.07, 6.45) is 7.96. The van der Waals surface area contributed by atoms with E-state index in [1.807, 2.05) is 6.20 Å². The Bertz CT molecular complexity index is 1280. The minimum atomic E-state index is 0.118. The molecule has 1 aliphatic heterocycles. The number of halogens is 2. The van der Waals surface area contributed by atoms with Crippen molar-refractivity contribution in [1.82, 2.24) is 19.4 Å². The molecule has 4 N–H and O–H groups in total. The highest BCUT2D eigenvalue weighted by Gasteiger charge is 2.30. The molecule has 178 valence electrons. The maximum atomic E-state index is 6.40. The molecule has 0 spiro atoms. The molecule has 9 heteroatoms. The summed E-state index contributed by atoms with van der Waals surface area (Å²) >= 11 is 12.6. The van der Waals surface area contributed by atoms with Gasteiger partial charge in [-0.3, -0.25) is 9.89 Å². The van der Waals surface area contributed by atoms with Gasteiger partial charge in [0.2, 0.25) is 5.28 Å². The number of aliphatic imine (C=N–C) groups is 1. The summed E-state index contributed by atoms with van der Waals surface area (Å²) in [6.45, 7) is 3.45. The van der Waals surface area contributed by atoms with Crippen molar-refractivity contribution in [2.24, 2.45) is 10.7 Å². The van der Waals surface area contributed by atoms with E-state index < -0.39 is 0 Å². The molecule has 7 nitrogen and oxygen atoms in total. The molecule has 0 amide bonds. The molecule has 2 fully saturated rings. The lowest BCUT2D eigenvalue weighted by Crippen LogP contribution is -2.36. The first-order valence-electron chi connectivity index (χ1n) is 11.7. The predicted molar refractivity (Wildman–Crippen MR) is 140 cm³/mol. The minimum Gasteiger partial charge on any atom is -0.397 e. The zero-order valence-electron chi connectivity index (χ0n) is 19.2. The Morgan fingerprint density at radius 2 is 2.09 bits per heavy atom. The summed E-state index contributed by atoms with van der Waals surface area (Å²) < 4.78 is 2.15. The minimum absolute atomic E-state index is 0.118. The number of nitrogen functional groups attached to an aromatic ring is 1. The number of nitrogens with two attached hydrogens (primary N) is 2. The van der Waals surface area contributed by atoms with Gasteiger partial charge in [0.05, 0.1) is 16.1 Å². The second-order valence-corrected chi connectivity index (χ2v) is 9.96. The van der Waals surface area contributed by atoms with Crippen molar-refractivity contribution in [3.8, 4) is 0 Å². The number of aromatic nitrogens is 3. The third kappa shape index (κ3) is 4.40. The van der Waals surface area contributed by atoms with Gasteiger partial charge < -0.3 is 16.0 Å². The maximum Gasteiger partial charge on any atom is 0.226 e. The second kappa shape index (κ2) is 9.56. The number of fused-ring (bicyclic) bond motifs is 1. The van der Waals surface area contributed by atoms with Crippen molar-refractivity contribution >= 4 is 52.0 Å². The van der Waals surface area contributed by atoms with Gasteiger partial charge in [0, 0.05) is 37.6 Å². The Labute approximate surface area is 209 Å². The number of allylic oxidation sites excluding steroid dienone is 1. The lowest BCUT2D eigenvalue weighted by molar-refractivity contribution is 0.172. The molecule has 5 rings (SSSR count). The number of nitrogens with zero attached hydrogens (tertiary/aromatic N) is 5. The van der Waals surface area contributed by atoms with Crippen molar-refractivity contribution in [3.05, 3.63) is 57.5 Å². The van der Waals surface area contributed by atoms with Crippen LogP contribution in [0.3, 0.4) is 0 Å². The average molecular weight is 498 g/mol. The number of rotatable bonds is 6. The molecule has 2 unspecified atom stereocenters. The fourth-order valence-electron chi connectivity index (χ4n) is 5.20. The van der Waals surface area contributed by atoms with Crippen LogP contribution in [0.15, 0.2) is 40.5 Å². The molecule has 1 saturated heterocycles. The number of benzene rings is 1. The SMILES string of the molecule is CN=C/C(Cl)=C(\N)c1cn(C2CCC(c3cccc(CN4CCC4)c3)C2)c2nc(Cl)nc(N)c12. The van der Waals surface area contributed by atoms with E-state index in [0.29, 0.717) is 33.2 Å². The fraction of sp³-hybridized carbons (Fsp3) is 0.400. The second-order valence-electron chi connectivity index (χ2n) is 9.21. The van der Waals surface area contributed by atoms with E-state index >= 15 is 0 Å². The highest BCUT2D eigenvalue weighted by Crippen LogP contribution is 2.44. The summed E-state index contributed by atoms with van der Waals surface area (Å²) in [5.41, 5.74) is 17.2. The third-order valence-corrected chi connectivity index (χ3v) is 7.51.